The van der Waals surface area contributed by atoms with Crippen molar-refractivity contribution in [3.8, 4) is 0 Å². The van der Waals surface area contributed by atoms with Crippen molar-refractivity contribution in [1.82, 2.24) is 14.8 Å². The van der Waals surface area contributed by atoms with Crippen LogP contribution in [0.15, 0.2) is 21.7 Å². The maximum Gasteiger partial charge on any atom is 0.216 e. The molecule has 0 atom stereocenters. The second-order valence-corrected chi connectivity index (χ2v) is 4.15. The number of aryl methyl sites for hydroxylation is 1. The van der Waals surface area contributed by atoms with Crippen molar-refractivity contribution in [3.63, 3.8) is 0 Å². The Kier molecular flexibility index (Phi) is 2.47. The largest absolute Gasteiger partial charge is 0.287 e. The van der Waals surface area contributed by atoms with E-state index in [1.165, 1.54) is 17.5 Å². The summed E-state index contributed by atoms with van der Waals surface area (Å²) in [6.07, 6.45) is 1.53. The molecule has 14 heavy (non-hydrogen) atoms. The lowest BCUT2D eigenvalue weighted by Gasteiger charge is -1.94. The van der Waals surface area contributed by atoms with Crippen molar-refractivity contribution >= 4 is 33.0 Å². The van der Waals surface area contributed by atoms with E-state index >= 15 is 0 Å². The van der Waals surface area contributed by atoms with E-state index in [0.29, 0.717) is 15.9 Å². The summed E-state index contributed by atoms with van der Waals surface area (Å²) in [7, 11) is 1.77. The number of thiazole rings is 1. The van der Waals surface area contributed by atoms with Crippen molar-refractivity contribution in [2.45, 2.75) is 0 Å². The minimum absolute atomic E-state index is 0.105. The Bertz CT molecular complexity index is 463. The summed E-state index contributed by atoms with van der Waals surface area (Å²) in [5, 5.41) is 5.70. The van der Waals surface area contributed by atoms with Gasteiger partial charge in [0.1, 0.15) is 10.3 Å². The number of ketones is 1. The molecule has 0 aromatic carbocycles. The Morgan fingerprint density at radius 1 is 1.64 bits per heavy atom. The van der Waals surface area contributed by atoms with Gasteiger partial charge in [-0.05, 0) is 15.9 Å². The molecule has 72 valence electrons. The highest BCUT2D eigenvalue weighted by Gasteiger charge is 2.17. The number of carbonyl (C=O) groups is 1. The van der Waals surface area contributed by atoms with Crippen LogP contribution in [-0.4, -0.2) is 20.5 Å². The Labute approximate surface area is 92.7 Å². The van der Waals surface area contributed by atoms with Crippen molar-refractivity contribution in [1.29, 1.82) is 0 Å². The van der Waals surface area contributed by atoms with Gasteiger partial charge in [0.2, 0.25) is 5.78 Å². The smallest absolute Gasteiger partial charge is 0.216 e. The summed E-state index contributed by atoms with van der Waals surface area (Å²) in [6, 6.07) is 0. The van der Waals surface area contributed by atoms with Crippen LogP contribution in [-0.2, 0) is 7.05 Å². The first-order chi connectivity index (χ1) is 6.70. The Hall–Kier alpha value is -1.01. The van der Waals surface area contributed by atoms with E-state index in [1.807, 2.05) is 0 Å². The molecule has 2 rings (SSSR count). The van der Waals surface area contributed by atoms with Crippen LogP contribution in [0.3, 0.4) is 0 Å². The van der Waals surface area contributed by atoms with Crippen molar-refractivity contribution in [2.24, 2.45) is 7.05 Å². The standard InChI is InChI=1S/C8H6BrN3OS/c1-12-8(9)5(2-11-12)7(13)6-3-14-4-10-6/h2-4H,1H3. The molecule has 0 saturated heterocycles. The van der Waals surface area contributed by atoms with E-state index in [4.69, 9.17) is 0 Å². The van der Waals surface area contributed by atoms with Crippen LogP contribution in [0.5, 0.6) is 0 Å². The second kappa shape index (κ2) is 3.62. The van der Waals surface area contributed by atoms with Gasteiger partial charge >= 0.3 is 0 Å². The second-order valence-electron chi connectivity index (χ2n) is 2.68. The SMILES string of the molecule is Cn1ncc(C(=O)c2cscn2)c1Br. The molecule has 0 fully saturated rings. The first-order valence-electron chi connectivity index (χ1n) is 3.80. The average molecular weight is 272 g/mol. The lowest BCUT2D eigenvalue weighted by Crippen LogP contribution is -2.01. The molecular formula is C8H6BrN3OS. The molecule has 0 saturated carbocycles. The van der Waals surface area contributed by atoms with Crippen molar-refractivity contribution < 1.29 is 4.79 Å². The van der Waals surface area contributed by atoms with Crippen LogP contribution in [0.1, 0.15) is 16.1 Å². The summed E-state index contributed by atoms with van der Waals surface area (Å²) in [5.74, 6) is -0.105. The molecule has 0 bridgehead atoms. The normalized spacial score (nSPS) is 10.4. The molecule has 0 N–H and O–H groups in total. The highest BCUT2D eigenvalue weighted by atomic mass is 79.9. The van der Waals surface area contributed by atoms with Crippen molar-refractivity contribution in [2.75, 3.05) is 0 Å². The number of aromatic nitrogens is 3. The molecule has 6 heteroatoms. The predicted octanol–water partition coefficient (Wildman–Crippen LogP) is 1.87. The van der Waals surface area contributed by atoms with Gasteiger partial charge in [-0.15, -0.1) is 11.3 Å². The molecular weight excluding hydrogens is 266 g/mol. The maximum atomic E-state index is 11.8. The van der Waals surface area contributed by atoms with Gasteiger partial charge in [0.05, 0.1) is 17.3 Å². The molecule has 0 amide bonds. The Morgan fingerprint density at radius 2 is 2.43 bits per heavy atom. The number of nitrogens with zero attached hydrogens (tertiary/aromatic N) is 3. The predicted molar refractivity (Wildman–Crippen MR) is 56.5 cm³/mol. The van der Waals surface area contributed by atoms with E-state index in [-0.39, 0.29) is 5.78 Å². The van der Waals surface area contributed by atoms with E-state index in [0.717, 1.165) is 0 Å². The number of hydrogen-bond donors (Lipinski definition) is 0. The summed E-state index contributed by atoms with van der Waals surface area (Å²) in [6.45, 7) is 0. The average Bonchev–Trinajstić information content (AvgIpc) is 2.77. The molecule has 0 spiro atoms. The van der Waals surface area contributed by atoms with Gasteiger partial charge in [-0.3, -0.25) is 9.48 Å². The van der Waals surface area contributed by atoms with E-state index in [2.05, 4.69) is 26.0 Å². The third-order valence-corrected chi connectivity index (χ3v) is 3.30. The lowest BCUT2D eigenvalue weighted by molar-refractivity contribution is 0.103. The zero-order valence-corrected chi connectivity index (χ0v) is 9.67. The van der Waals surface area contributed by atoms with Gasteiger partial charge in [0, 0.05) is 12.4 Å². The van der Waals surface area contributed by atoms with Crippen LogP contribution in [0, 0.1) is 0 Å². The molecule has 0 aliphatic rings. The molecule has 0 aliphatic carbocycles. The van der Waals surface area contributed by atoms with Gasteiger partial charge in [-0.2, -0.15) is 5.10 Å². The molecule has 0 unspecified atom stereocenters. The minimum atomic E-state index is -0.105. The number of hydrogen-bond acceptors (Lipinski definition) is 4. The third kappa shape index (κ3) is 1.51. The van der Waals surface area contributed by atoms with Gasteiger partial charge in [0.25, 0.3) is 0 Å². The lowest BCUT2D eigenvalue weighted by atomic mass is 10.2. The highest BCUT2D eigenvalue weighted by Crippen LogP contribution is 2.18. The number of carbonyl (C=O) groups excluding carboxylic acids is 1. The Morgan fingerprint density at radius 3 is 2.93 bits per heavy atom. The molecule has 0 aliphatic heterocycles. The molecule has 2 heterocycles. The van der Waals surface area contributed by atoms with Gasteiger partial charge in [-0.1, -0.05) is 0 Å². The summed E-state index contributed by atoms with van der Waals surface area (Å²) in [5.41, 5.74) is 2.64. The zero-order valence-electron chi connectivity index (χ0n) is 7.27. The highest BCUT2D eigenvalue weighted by molar-refractivity contribution is 9.10. The first kappa shape index (κ1) is 9.54. The van der Waals surface area contributed by atoms with Crippen LogP contribution in [0.4, 0.5) is 0 Å². The summed E-state index contributed by atoms with van der Waals surface area (Å²) in [4.78, 5) is 15.8. The van der Waals surface area contributed by atoms with Gasteiger partial charge in [0.15, 0.2) is 0 Å². The number of halogens is 1. The fourth-order valence-electron chi connectivity index (χ4n) is 1.04. The monoisotopic (exact) mass is 271 g/mol. The first-order valence-corrected chi connectivity index (χ1v) is 5.54. The number of rotatable bonds is 2. The quantitative estimate of drug-likeness (QED) is 0.784. The molecule has 2 aromatic rings. The fourth-order valence-corrected chi connectivity index (χ4v) is 1.94. The van der Waals surface area contributed by atoms with E-state index < -0.39 is 0 Å². The van der Waals surface area contributed by atoms with Crippen molar-refractivity contribution in [3.05, 3.63) is 32.9 Å². The molecule has 2 aromatic heterocycles. The van der Waals surface area contributed by atoms with Crippen LogP contribution in [0.2, 0.25) is 0 Å². The fraction of sp³-hybridized carbons (Fsp3) is 0.125. The van der Waals surface area contributed by atoms with Crippen LogP contribution in [0.25, 0.3) is 0 Å². The van der Waals surface area contributed by atoms with E-state index in [9.17, 15) is 4.79 Å². The van der Waals surface area contributed by atoms with Crippen LogP contribution < -0.4 is 0 Å². The van der Waals surface area contributed by atoms with Gasteiger partial charge < -0.3 is 0 Å². The minimum Gasteiger partial charge on any atom is -0.287 e. The Balaban J connectivity index is 2.42. The van der Waals surface area contributed by atoms with E-state index in [1.54, 1.807) is 22.6 Å². The zero-order chi connectivity index (χ0) is 10.1. The molecule has 4 nitrogen and oxygen atoms in total. The summed E-state index contributed by atoms with van der Waals surface area (Å²) < 4.78 is 2.27. The van der Waals surface area contributed by atoms with Crippen LogP contribution >= 0.6 is 27.3 Å². The topological polar surface area (TPSA) is 47.8 Å². The van der Waals surface area contributed by atoms with Gasteiger partial charge in [-0.25, -0.2) is 4.98 Å². The third-order valence-electron chi connectivity index (χ3n) is 1.78. The summed E-state index contributed by atoms with van der Waals surface area (Å²) >= 11 is 4.69. The molecule has 0 radical (unpaired) electrons. The maximum absolute atomic E-state index is 11.8.